The lowest BCUT2D eigenvalue weighted by Crippen LogP contribution is -2.23. The van der Waals surface area contributed by atoms with Gasteiger partial charge in [-0.25, -0.2) is 0 Å². The first kappa shape index (κ1) is 23.4. The molecule has 173 valence electrons. The molecule has 0 saturated carbocycles. The molecule has 4 rings (SSSR count). The molecule has 0 heterocycles. The average Bonchev–Trinajstić information content (AvgIpc) is 2.86. The van der Waals surface area contributed by atoms with Crippen LogP contribution in [0.4, 0.5) is 17.1 Å². The molecule has 4 aromatic carbocycles. The van der Waals surface area contributed by atoms with Crippen LogP contribution in [0.3, 0.4) is 0 Å². The molecule has 0 N–H and O–H groups in total. The van der Waals surface area contributed by atoms with Crippen LogP contribution in [0.25, 0.3) is 0 Å². The fourth-order valence-electron chi connectivity index (χ4n) is 4.36. The highest BCUT2D eigenvalue weighted by Gasteiger charge is 2.17. The highest BCUT2D eigenvalue weighted by atomic mass is 15.1. The largest absolute Gasteiger partial charge is 0.370 e. The fraction of sp³-hybridized carbons (Fsp3) is 0.194. The van der Waals surface area contributed by atoms with E-state index in [1.807, 2.05) is 0 Å². The van der Waals surface area contributed by atoms with E-state index in [0.717, 1.165) is 36.6 Å². The summed E-state index contributed by atoms with van der Waals surface area (Å²) < 4.78 is 0. The minimum absolute atomic E-state index is 0.830. The van der Waals surface area contributed by atoms with Crippen LogP contribution >= 0.6 is 0 Å². The third kappa shape index (κ3) is 5.79. The van der Waals surface area contributed by atoms with Gasteiger partial charge < -0.3 is 14.7 Å². The van der Waals surface area contributed by atoms with Crippen LogP contribution in [0.1, 0.15) is 22.3 Å². The second-order valence-electron chi connectivity index (χ2n) is 8.99. The number of hydrogen-bond acceptors (Lipinski definition) is 3. The maximum atomic E-state index is 4.53. The molecule has 0 amide bonds. The first-order valence-corrected chi connectivity index (χ1v) is 11.8. The molecule has 0 unspecified atom stereocenters. The predicted molar refractivity (Wildman–Crippen MR) is 147 cm³/mol. The monoisotopic (exact) mass is 448 g/mol. The molecule has 3 heteroatoms. The van der Waals surface area contributed by atoms with E-state index in [1.165, 1.54) is 22.4 Å². The van der Waals surface area contributed by atoms with Crippen molar-refractivity contribution in [2.24, 2.45) is 0 Å². The second-order valence-corrected chi connectivity index (χ2v) is 8.99. The predicted octanol–water partition coefficient (Wildman–Crippen LogP) is 6.78. The van der Waals surface area contributed by atoms with Crippen molar-refractivity contribution in [3.8, 4) is 0 Å². The summed E-state index contributed by atoms with van der Waals surface area (Å²) in [4.78, 5) is 6.92. The van der Waals surface area contributed by atoms with Crippen LogP contribution in [0.5, 0.6) is 0 Å². The number of benzene rings is 4. The second kappa shape index (κ2) is 10.9. The lowest BCUT2D eigenvalue weighted by molar-refractivity contribution is 0.888. The van der Waals surface area contributed by atoms with Crippen LogP contribution in [0.2, 0.25) is 0 Å². The maximum absolute atomic E-state index is 4.53. The molecule has 0 spiro atoms. The van der Waals surface area contributed by atoms with Crippen LogP contribution < -0.4 is 14.7 Å². The van der Waals surface area contributed by atoms with Gasteiger partial charge in [-0.1, -0.05) is 91.0 Å². The Labute approximate surface area is 204 Å². The number of rotatable bonds is 9. The van der Waals surface area contributed by atoms with Gasteiger partial charge in [-0.2, -0.15) is 0 Å². The molecular weight excluding hydrogens is 414 g/mol. The molecule has 0 saturated heterocycles. The molecule has 34 heavy (non-hydrogen) atoms. The van der Waals surface area contributed by atoms with Crippen LogP contribution in [0.15, 0.2) is 103 Å². The van der Waals surface area contributed by atoms with Crippen molar-refractivity contribution < 1.29 is 0 Å². The van der Waals surface area contributed by atoms with Crippen molar-refractivity contribution in [2.45, 2.75) is 19.6 Å². The van der Waals surface area contributed by atoms with E-state index in [0.29, 0.717) is 0 Å². The van der Waals surface area contributed by atoms with E-state index >= 15 is 0 Å². The van der Waals surface area contributed by atoms with Gasteiger partial charge in [0.05, 0.1) is 0 Å². The maximum Gasteiger partial charge on any atom is 0.0440 e. The molecular formula is C31H34N3. The van der Waals surface area contributed by atoms with Crippen molar-refractivity contribution in [1.82, 2.24) is 0 Å². The zero-order chi connectivity index (χ0) is 23.9. The van der Waals surface area contributed by atoms with Gasteiger partial charge in [0.25, 0.3) is 0 Å². The first-order valence-electron chi connectivity index (χ1n) is 11.8. The summed E-state index contributed by atoms with van der Waals surface area (Å²) >= 11 is 0. The SMILES string of the molecule is [CH2]c1c(N(C)Cc2ccccc2)cc(N(C)Cc2ccccc2)cc1N(C)Cc1ccccc1. The Balaban J connectivity index is 1.68. The fourth-order valence-corrected chi connectivity index (χ4v) is 4.36. The zero-order valence-electron chi connectivity index (χ0n) is 20.5. The normalized spacial score (nSPS) is 10.7. The third-order valence-electron chi connectivity index (χ3n) is 6.24. The zero-order valence-corrected chi connectivity index (χ0v) is 20.5. The molecule has 0 aliphatic carbocycles. The van der Waals surface area contributed by atoms with Crippen molar-refractivity contribution in [3.05, 3.63) is 132 Å². The van der Waals surface area contributed by atoms with Crippen molar-refractivity contribution in [2.75, 3.05) is 35.8 Å². The molecule has 3 nitrogen and oxygen atoms in total. The summed E-state index contributed by atoms with van der Waals surface area (Å²) in [5, 5.41) is 0. The van der Waals surface area contributed by atoms with Gasteiger partial charge in [0, 0.05) is 57.8 Å². The molecule has 4 aromatic rings. The van der Waals surface area contributed by atoms with Crippen molar-refractivity contribution in [3.63, 3.8) is 0 Å². The number of anilines is 3. The summed E-state index contributed by atoms with van der Waals surface area (Å²) in [7, 11) is 6.46. The molecule has 0 fully saturated rings. The van der Waals surface area contributed by atoms with Crippen molar-refractivity contribution in [1.29, 1.82) is 0 Å². The van der Waals surface area contributed by atoms with Gasteiger partial charge in [0.15, 0.2) is 0 Å². The topological polar surface area (TPSA) is 9.72 Å². The third-order valence-corrected chi connectivity index (χ3v) is 6.24. The Morgan fingerprint density at radius 1 is 0.500 bits per heavy atom. The highest BCUT2D eigenvalue weighted by molar-refractivity contribution is 5.76. The van der Waals surface area contributed by atoms with E-state index in [-0.39, 0.29) is 0 Å². The van der Waals surface area contributed by atoms with Gasteiger partial charge >= 0.3 is 0 Å². The Hall–Kier alpha value is -3.72. The Bertz CT molecular complexity index is 1100. The Morgan fingerprint density at radius 3 is 1.18 bits per heavy atom. The van der Waals surface area contributed by atoms with E-state index in [9.17, 15) is 0 Å². The molecule has 0 aliphatic rings. The van der Waals surface area contributed by atoms with Crippen LogP contribution in [0, 0.1) is 6.92 Å². The standard InChI is InChI=1S/C31H34N3/c1-25-30(33(3)23-27-16-10-6-11-17-27)20-29(32(2)22-26-14-8-5-9-15-26)21-31(25)34(4)24-28-18-12-7-13-19-28/h5-21H,1,22-24H2,2-4H3. The lowest BCUT2D eigenvalue weighted by atomic mass is 10.1. The minimum Gasteiger partial charge on any atom is -0.370 e. The van der Waals surface area contributed by atoms with E-state index in [2.05, 4.69) is 146 Å². The van der Waals surface area contributed by atoms with Gasteiger partial charge in [0.2, 0.25) is 0 Å². The Kier molecular flexibility index (Phi) is 7.54. The van der Waals surface area contributed by atoms with Gasteiger partial charge in [-0.05, 0) is 41.3 Å². The van der Waals surface area contributed by atoms with Gasteiger partial charge in [0.1, 0.15) is 0 Å². The Morgan fingerprint density at radius 2 is 0.824 bits per heavy atom. The molecule has 0 bridgehead atoms. The summed E-state index contributed by atoms with van der Waals surface area (Å²) in [6, 6.07) is 36.4. The minimum atomic E-state index is 0.830. The molecule has 0 aromatic heterocycles. The summed E-state index contributed by atoms with van der Waals surface area (Å²) in [5.74, 6) is 0. The van der Waals surface area contributed by atoms with Crippen LogP contribution in [-0.4, -0.2) is 21.1 Å². The summed E-state index contributed by atoms with van der Waals surface area (Å²) in [6.45, 7) is 7.04. The van der Waals surface area contributed by atoms with E-state index in [1.54, 1.807) is 0 Å². The highest BCUT2D eigenvalue weighted by Crippen LogP contribution is 2.35. The smallest absolute Gasteiger partial charge is 0.0440 e. The number of nitrogens with zero attached hydrogens (tertiary/aromatic N) is 3. The molecule has 1 radical (unpaired) electrons. The number of hydrogen-bond donors (Lipinski definition) is 0. The van der Waals surface area contributed by atoms with Gasteiger partial charge in [-0.3, -0.25) is 0 Å². The van der Waals surface area contributed by atoms with Crippen molar-refractivity contribution >= 4 is 17.1 Å². The average molecular weight is 449 g/mol. The molecule has 0 aliphatic heterocycles. The lowest BCUT2D eigenvalue weighted by Gasteiger charge is -2.30. The van der Waals surface area contributed by atoms with Gasteiger partial charge in [-0.15, -0.1) is 0 Å². The first-order chi connectivity index (χ1) is 16.5. The van der Waals surface area contributed by atoms with E-state index < -0.39 is 0 Å². The summed E-state index contributed by atoms with van der Waals surface area (Å²) in [6.07, 6.45) is 0. The van der Waals surface area contributed by atoms with Crippen LogP contribution in [-0.2, 0) is 19.6 Å². The quantitative estimate of drug-likeness (QED) is 0.279. The summed E-state index contributed by atoms with van der Waals surface area (Å²) in [5.41, 5.74) is 8.39. The molecule has 0 atom stereocenters. The van der Waals surface area contributed by atoms with E-state index in [4.69, 9.17) is 0 Å².